The minimum atomic E-state index is -2.50. The van der Waals surface area contributed by atoms with Gasteiger partial charge < -0.3 is 0 Å². The number of para-hydroxylation sites is 1. The summed E-state index contributed by atoms with van der Waals surface area (Å²) in [5.74, 6) is -3.13. The summed E-state index contributed by atoms with van der Waals surface area (Å²) in [4.78, 5) is 29.5. The predicted octanol–water partition coefficient (Wildman–Crippen LogP) is 4.73. The number of thioether (sulfide) groups is 1. The molecule has 1 aliphatic heterocycles. The maximum absolute atomic E-state index is 12.6. The normalized spacial score (nSPS) is 14.4. The third kappa shape index (κ3) is 4.43. The van der Waals surface area contributed by atoms with Crippen LogP contribution in [0.4, 0.5) is 19.6 Å². The molecule has 1 aliphatic rings. The molecule has 3 aromatic rings. The molecule has 0 bridgehead atoms. The first-order valence-electron chi connectivity index (χ1n) is 8.62. The SMILES string of the molecule is O=C(Nc1nc2ccc(SC(F)F)cc2s1)C1=NN(c2ccccc2)C(=O)CC1. The molecular weight excluding hydrogens is 418 g/mol. The van der Waals surface area contributed by atoms with Gasteiger partial charge in [-0.25, -0.2) is 9.99 Å². The summed E-state index contributed by atoms with van der Waals surface area (Å²) >= 11 is 1.65. The molecule has 0 atom stereocenters. The molecule has 4 rings (SSSR count). The molecule has 2 amide bonds. The predicted molar refractivity (Wildman–Crippen MR) is 111 cm³/mol. The lowest BCUT2D eigenvalue weighted by Crippen LogP contribution is -2.36. The van der Waals surface area contributed by atoms with Crippen molar-refractivity contribution < 1.29 is 18.4 Å². The van der Waals surface area contributed by atoms with Gasteiger partial charge in [0.1, 0.15) is 5.71 Å². The third-order valence-corrected chi connectivity index (χ3v) is 5.74. The first-order valence-corrected chi connectivity index (χ1v) is 10.3. The fourth-order valence-electron chi connectivity index (χ4n) is 2.79. The highest BCUT2D eigenvalue weighted by atomic mass is 32.2. The van der Waals surface area contributed by atoms with Crippen molar-refractivity contribution in [2.24, 2.45) is 5.10 Å². The van der Waals surface area contributed by atoms with Crippen molar-refractivity contribution in [3.63, 3.8) is 0 Å². The standard InChI is InChI=1S/C19H14F2N4O2S2/c20-18(21)28-12-6-7-13-15(10-12)29-19(22-13)23-17(27)14-8-9-16(26)25(24-14)11-4-2-1-3-5-11/h1-7,10,18H,8-9H2,(H,22,23,27). The van der Waals surface area contributed by atoms with Crippen molar-refractivity contribution in [2.45, 2.75) is 23.5 Å². The molecule has 0 unspecified atom stereocenters. The van der Waals surface area contributed by atoms with E-state index in [1.165, 1.54) is 16.3 Å². The number of benzene rings is 2. The van der Waals surface area contributed by atoms with Crippen LogP contribution in [-0.4, -0.2) is 28.3 Å². The first kappa shape index (κ1) is 19.5. The van der Waals surface area contributed by atoms with Crippen molar-refractivity contribution in [2.75, 3.05) is 10.3 Å². The van der Waals surface area contributed by atoms with E-state index in [4.69, 9.17) is 0 Å². The van der Waals surface area contributed by atoms with Crippen LogP contribution in [0.25, 0.3) is 10.2 Å². The highest BCUT2D eigenvalue weighted by Crippen LogP contribution is 2.32. The molecule has 0 saturated heterocycles. The lowest BCUT2D eigenvalue weighted by atomic mass is 10.1. The van der Waals surface area contributed by atoms with Crippen LogP contribution in [0, 0.1) is 0 Å². The van der Waals surface area contributed by atoms with E-state index in [1.54, 1.807) is 42.5 Å². The fraction of sp³-hybridized carbons (Fsp3) is 0.158. The minimum Gasteiger partial charge on any atom is -0.297 e. The molecule has 2 heterocycles. The van der Waals surface area contributed by atoms with Gasteiger partial charge in [-0.05, 0) is 30.3 Å². The molecule has 6 nitrogen and oxygen atoms in total. The Kier molecular flexibility index (Phi) is 5.54. The fourth-order valence-corrected chi connectivity index (χ4v) is 4.30. The highest BCUT2D eigenvalue weighted by Gasteiger charge is 2.26. The molecule has 29 heavy (non-hydrogen) atoms. The average molecular weight is 432 g/mol. The second-order valence-corrected chi connectivity index (χ2v) is 8.16. The van der Waals surface area contributed by atoms with Gasteiger partial charge >= 0.3 is 0 Å². The molecule has 0 fully saturated rings. The molecule has 1 aromatic heterocycles. The third-order valence-electron chi connectivity index (χ3n) is 4.10. The number of aromatic nitrogens is 1. The molecule has 0 saturated carbocycles. The van der Waals surface area contributed by atoms with Gasteiger partial charge in [-0.15, -0.1) is 0 Å². The zero-order valence-electron chi connectivity index (χ0n) is 14.8. The van der Waals surface area contributed by atoms with Gasteiger partial charge in [-0.1, -0.05) is 41.3 Å². The van der Waals surface area contributed by atoms with Crippen LogP contribution < -0.4 is 10.3 Å². The second kappa shape index (κ2) is 8.26. The van der Waals surface area contributed by atoms with Crippen molar-refractivity contribution >= 4 is 61.7 Å². The molecule has 10 heteroatoms. The lowest BCUT2D eigenvalue weighted by molar-refractivity contribution is -0.118. The van der Waals surface area contributed by atoms with Crippen LogP contribution in [0.2, 0.25) is 0 Å². The highest BCUT2D eigenvalue weighted by molar-refractivity contribution is 7.99. The number of rotatable bonds is 5. The summed E-state index contributed by atoms with van der Waals surface area (Å²) in [7, 11) is 0. The van der Waals surface area contributed by atoms with E-state index in [0.29, 0.717) is 37.7 Å². The minimum absolute atomic E-state index is 0.176. The number of carbonyl (C=O) groups is 2. The number of nitrogens with zero attached hydrogens (tertiary/aromatic N) is 3. The zero-order valence-corrected chi connectivity index (χ0v) is 16.5. The second-order valence-electron chi connectivity index (χ2n) is 6.07. The molecule has 2 aromatic carbocycles. The summed E-state index contributed by atoms with van der Waals surface area (Å²) in [6, 6.07) is 13.7. The Balaban J connectivity index is 1.53. The number of nitrogens with one attached hydrogen (secondary N) is 1. The quantitative estimate of drug-likeness (QED) is 0.592. The summed E-state index contributed by atoms with van der Waals surface area (Å²) in [6.45, 7) is 0. The van der Waals surface area contributed by atoms with Gasteiger partial charge in [-0.3, -0.25) is 14.9 Å². The van der Waals surface area contributed by atoms with Gasteiger partial charge in [0, 0.05) is 17.7 Å². The van der Waals surface area contributed by atoms with E-state index < -0.39 is 11.7 Å². The Bertz CT molecular complexity index is 1100. The summed E-state index contributed by atoms with van der Waals surface area (Å²) in [6.07, 6.45) is 0.406. The van der Waals surface area contributed by atoms with Crippen molar-refractivity contribution in [1.29, 1.82) is 0 Å². The van der Waals surface area contributed by atoms with Crippen molar-refractivity contribution in [3.8, 4) is 0 Å². The monoisotopic (exact) mass is 432 g/mol. The topological polar surface area (TPSA) is 74.7 Å². The van der Waals surface area contributed by atoms with Gasteiger partial charge in [0.15, 0.2) is 5.13 Å². The molecule has 148 valence electrons. The van der Waals surface area contributed by atoms with E-state index >= 15 is 0 Å². The Morgan fingerprint density at radius 2 is 1.97 bits per heavy atom. The van der Waals surface area contributed by atoms with Crippen LogP contribution >= 0.6 is 23.1 Å². The Labute approximate surface area is 172 Å². The van der Waals surface area contributed by atoms with E-state index in [2.05, 4.69) is 15.4 Å². The maximum atomic E-state index is 12.6. The summed E-state index contributed by atoms with van der Waals surface area (Å²) in [5, 5.41) is 8.47. The number of thiazole rings is 1. The van der Waals surface area contributed by atoms with Crippen LogP contribution in [0.5, 0.6) is 0 Å². The zero-order chi connectivity index (χ0) is 20.4. The Morgan fingerprint density at radius 1 is 1.17 bits per heavy atom. The van der Waals surface area contributed by atoms with Crippen LogP contribution in [0.15, 0.2) is 58.5 Å². The van der Waals surface area contributed by atoms with Crippen molar-refractivity contribution in [1.82, 2.24) is 4.98 Å². The number of anilines is 2. The Hall–Kier alpha value is -2.85. The molecule has 0 spiro atoms. The van der Waals surface area contributed by atoms with E-state index in [9.17, 15) is 18.4 Å². The molecular formula is C19H14F2N4O2S2. The first-order chi connectivity index (χ1) is 14.0. The number of hydrogen-bond donors (Lipinski definition) is 1. The van der Waals surface area contributed by atoms with Gasteiger partial charge in [0.05, 0.1) is 15.9 Å². The van der Waals surface area contributed by atoms with Crippen LogP contribution in [0.1, 0.15) is 12.8 Å². The van der Waals surface area contributed by atoms with Crippen molar-refractivity contribution in [3.05, 3.63) is 48.5 Å². The smallest absolute Gasteiger partial charge is 0.288 e. The molecule has 0 aliphatic carbocycles. The van der Waals surface area contributed by atoms with Crippen LogP contribution in [-0.2, 0) is 9.59 Å². The van der Waals surface area contributed by atoms with Gasteiger partial charge in [0.25, 0.3) is 11.7 Å². The van der Waals surface area contributed by atoms with Crippen LogP contribution in [0.3, 0.4) is 0 Å². The number of fused-ring (bicyclic) bond motifs is 1. The molecule has 1 N–H and O–H groups in total. The van der Waals surface area contributed by atoms with E-state index in [1.807, 2.05) is 6.07 Å². The number of hydrogen-bond acceptors (Lipinski definition) is 6. The van der Waals surface area contributed by atoms with E-state index in [0.717, 1.165) is 0 Å². The number of alkyl halides is 2. The number of amides is 2. The summed E-state index contributed by atoms with van der Waals surface area (Å²) < 4.78 is 25.8. The number of hydrazone groups is 1. The van der Waals surface area contributed by atoms with E-state index in [-0.39, 0.29) is 24.5 Å². The summed E-state index contributed by atoms with van der Waals surface area (Å²) in [5.41, 5.74) is 1.42. The maximum Gasteiger partial charge on any atom is 0.288 e. The molecule has 0 radical (unpaired) electrons. The number of halogens is 2. The van der Waals surface area contributed by atoms with Gasteiger partial charge in [0.2, 0.25) is 5.91 Å². The van der Waals surface area contributed by atoms with Gasteiger partial charge in [-0.2, -0.15) is 13.9 Å². The largest absolute Gasteiger partial charge is 0.297 e. The Morgan fingerprint density at radius 3 is 2.72 bits per heavy atom. The lowest BCUT2D eigenvalue weighted by Gasteiger charge is -2.22. The average Bonchev–Trinajstić information content (AvgIpc) is 3.10. The number of carbonyl (C=O) groups excluding carboxylic acids is 2.